The van der Waals surface area contributed by atoms with Crippen molar-refractivity contribution < 1.29 is 9.53 Å². The van der Waals surface area contributed by atoms with Crippen LogP contribution in [0.1, 0.15) is 95.3 Å². The second kappa shape index (κ2) is 12.9. The molecule has 0 amide bonds. The molecule has 36 heavy (non-hydrogen) atoms. The first kappa shape index (κ1) is 26.9. The number of hydrogen-bond donors (Lipinski definition) is 0. The molecule has 1 aliphatic rings. The van der Waals surface area contributed by atoms with Crippen molar-refractivity contribution in [3.63, 3.8) is 0 Å². The highest BCUT2D eigenvalue weighted by Gasteiger charge is 2.37. The smallest absolute Gasteiger partial charge is 0.184 e. The summed E-state index contributed by atoms with van der Waals surface area (Å²) in [5, 5.41) is 2.44. The Balaban J connectivity index is 1.50. The molecule has 1 aromatic heterocycles. The topological polar surface area (TPSA) is 34.5 Å². The number of ether oxygens (including phenoxy) is 1. The highest BCUT2D eigenvalue weighted by atomic mass is 16.5. The molecule has 0 saturated carbocycles. The highest BCUT2D eigenvalue weighted by molar-refractivity contribution is 6.18. The van der Waals surface area contributed by atoms with Gasteiger partial charge in [-0.2, -0.15) is 0 Å². The van der Waals surface area contributed by atoms with E-state index in [0.29, 0.717) is 13.2 Å². The summed E-state index contributed by atoms with van der Waals surface area (Å²) in [7, 11) is 0. The molecule has 0 bridgehead atoms. The first-order valence-electron chi connectivity index (χ1n) is 14.4. The molecule has 1 aliphatic heterocycles. The number of nitrogens with zero attached hydrogens (tertiary/aromatic N) is 2. The molecule has 1 saturated heterocycles. The van der Waals surface area contributed by atoms with E-state index in [0.717, 1.165) is 37.1 Å². The second-order valence-electron chi connectivity index (χ2n) is 11.0. The molecule has 0 aliphatic carbocycles. The third-order valence-corrected chi connectivity index (χ3v) is 8.13. The summed E-state index contributed by atoms with van der Waals surface area (Å²) in [6.45, 7) is 10.4. The number of aromatic nitrogens is 1. The van der Waals surface area contributed by atoms with E-state index in [-0.39, 0.29) is 5.78 Å². The lowest BCUT2D eigenvalue weighted by atomic mass is 9.89. The molecule has 4 heteroatoms. The molecule has 4 nitrogen and oxygen atoms in total. The van der Waals surface area contributed by atoms with Crippen molar-refractivity contribution in [2.45, 2.75) is 97.1 Å². The van der Waals surface area contributed by atoms with Gasteiger partial charge in [0.2, 0.25) is 0 Å². The zero-order valence-corrected chi connectivity index (χ0v) is 22.9. The predicted molar refractivity (Wildman–Crippen MR) is 152 cm³/mol. The molecule has 0 radical (unpaired) electrons. The summed E-state index contributed by atoms with van der Waals surface area (Å²) in [5.41, 5.74) is 2.65. The monoisotopic (exact) mass is 490 g/mol. The van der Waals surface area contributed by atoms with Crippen LogP contribution in [0.4, 0.5) is 0 Å². The summed E-state index contributed by atoms with van der Waals surface area (Å²) in [6.07, 6.45) is 13.3. The van der Waals surface area contributed by atoms with Crippen LogP contribution in [0.5, 0.6) is 0 Å². The van der Waals surface area contributed by atoms with Crippen molar-refractivity contribution in [1.29, 1.82) is 0 Å². The van der Waals surface area contributed by atoms with Crippen LogP contribution >= 0.6 is 0 Å². The zero-order chi connectivity index (χ0) is 25.4. The fourth-order valence-corrected chi connectivity index (χ4v) is 5.88. The maximum atomic E-state index is 14.1. The zero-order valence-electron chi connectivity index (χ0n) is 22.9. The summed E-state index contributed by atoms with van der Waals surface area (Å²) in [4.78, 5) is 16.3. The number of Topliss-reactive ketones (excluding diaryl/α,β-unsaturated/α-hetero) is 1. The number of aryl methyl sites for hydroxylation is 1. The number of para-hydroxylation sites is 2. The number of unbranched alkanes of at least 4 members (excludes halogenated alkanes) is 9. The molecule has 3 aromatic rings. The first-order valence-corrected chi connectivity index (χ1v) is 14.4. The molecular weight excluding hydrogens is 444 g/mol. The van der Waals surface area contributed by atoms with Crippen LogP contribution < -0.4 is 0 Å². The average Bonchev–Trinajstić information content (AvgIpc) is 3.23. The second-order valence-corrected chi connectivity index (χ2v) is 11.0. The van der Waals surface area contributed by atoms with E-state index in [1.807, 2.05) is 6.07 Å². The van der Waals surface area contributed by atoms with Gasteiger partial charge in [-0.3, -0.25) is 9.69 Å². The standard InChI is InChI=1S/C32H46N2O2/c1-4-5-6-7-8-9-10-11-12-15-21-34-29-20-14-13-17-26(29)27-18-16-19-28(30(27)34)31(35)32(2,3)33-22-24-36-25-23-33/h13-14,16-20H,4-12,15,21-25H2,1-3H3. The van der Waals surface area contributed by atoms with Crippen LogP contribution in [0.25, 0.3) is 21.8 Å². The Morgan fingerprint density at radius 2 is 1.42 bits per heavy atom. The van der Waals surface area contributed by atoms with E-state index in [4.69, 9.17) is 4.74 Å². The lowest BCUT2D eigenvalue weighted by Gasteiger charge is -2.39. The average molecular weight is 491 g/mol. The first-order chi connectivity index (χ1) is 17.6. The van der Waals surface area contributed by atoms with Gasteiger partial charge in [0.1, 0.15) is 0 Å². The van der Waals surface area contributed by atoms with Crippen molar-refractivity contribution in [1.82, 2.24) is 9.47 Å². The summed E-state index contributed by atoms with van der Waals surface area (Å²) < 4.78 is 7.98. The third-order valence-electron chi connectivity index (χ3n) is 8.13. The quantitative estimate of drug-likeness (QED) is 0.169. The lowest BCUT2D eigenvalue weighted by molar-refractivity contribution is -0.00424. The van der Waals surface area contributed by atoms with Gasteiger partial charge in [0.15, 0.2) is 5.78 Å². The van der Waals surface area contributed by atoms with Gasteiger partial charge < -0.3 is 9.30 Å². The van der Waals surface area contributed by atoms with Gasteiger partial charge in [-0.05, 0) is 32.4 Å². The Bertz CT molecular complexity index is 1120. The number of rotatable bonds is 14. The number of morpholine rings is 1. The highest BCUT2D eigenvalue weighted by Crippen LogP contribution is 2.34. The number of carbonyl (C=O) groups is 1. The molecule has 196 valence electrons. The number of benzene rings is 2. The van der Waals surface area contributed by atoms with Gasteiger partial charge >= 0.3 is 0 Å². The molecule has 4 rings (SSSR count). The molecule has 0 unspecified atom stereocenters. The fourth-order valence-electron chi connectivity index (χ4n) is 5.88. The van der Waals surface area contributed by atoms with Crippen LogP contribution in [0, 0.1) is 0 Å². The van der Waals surface area contributed by atoms with Crippen LogP contribution in [-0.4, -0.2) is 47.1 Å². The molecule has 2 aromatic carbocycles. The Hall–Kier alpha value is -2.17. The number of hydrogen-bond acceptors (Lipinski definition) is 3. The molecule has 0 N–H and O–H groups in total. The van der Waals surface area contributed by atoms with Crippen molar-refractivity contribution in [2.75, 3.05) is 26.3 Å². The predicted octanol–water partition coefficient (Wildman–Crippen LogP) is 8.01. The Morgan fingerprint density at radius 3 is 2.11 bits per heavy atom. The minimum atomic E-state index is -0.559. The molecule has 1 fully saturated rings. The Labute approximate surface area is 218 Å². The normalized spacial score (nSPS) is 15.2. The van der Waals surface area contributed by atoms with E-state index in [1.54, 1.807) is 0 Å². The van der Waals surface area contributed by atoms with E-state index in [2.05, 4.69) is 66.6 Å². The summed E-state index contributed by atoms with van der Waals surface area (Å²) >= 11 is 0. The molecule has 2 heterocycles. The minimum absolute atomic E-state index is 0.210. The van der Waals surface area contributed by atoms with E-state index >= 15 is 0 Å². The van der Waals surface area contributed by atoms with Gasteiger partial charge in [-0.25, -0.2) is 0 Å². The molecule has 0 atom stereocenters. The number of carbonyl (C=O) groups excluding carboxylic acids is 1. The minimum Gasteiger partial charge on any atom is -0.379 e. The SMILES string of the molecule is CCCCCCCCCCCCn1c2ccccc2c2cccc(C(=O)C(C)(C)N3CCOCC3)c21. The molecular formula is C32H46N2O2. The number of fused-ring (bicyclic) bond motifs is 3. The lowest BCUT2D eigenvalue weighted by Crippen LogP contribution is -2.54. The number of ketones is 1. The van der Waals surface area contributed by atoms with Crippen LogP contribution in [0.2, 0.25) is 0 Å². The van der Waals surface area contributed by atoms with Crippen molar-refractivity contribution in [2.24, 2.45) is 0 Å². The maximum Gasteiger partial charge on any atom is 0.184 e. The van der Waals surface area contributed by atoms with Crippen molar-refractivity contribution >= 4 is 27.6 Å². The largest absolute Gasteiger partial charge is 0.379 e. The Morgan fingerprint density at radius 1 is 0.806 bits per heavy atom. The van der Waals surface area contributed by atoms with Crippen LogP contribution in [-0.2, 0) is 11.3 Å². The van der Waals surface area contributed by atoms with Crippen LogP contribution in [0.3, 0.4) is 0 Å². The van der Waals surface area contributed by atoms with Gasteiger partial charge in [0.25, 0.3) is 0 Å². The van der Waals surface area contributed by atoms with Crippen LogP contribution in [0.15, 0.2) is 42.5 Å². The maximum absolute atomic E-state index is 14.1. The third kappa shape index (κ3) is 6.03. The summed E-state index contributed by atoms with van der Waals surface area (Å²) in [6, 6.07) is 14.9. The van der Waals surface area contributed by atoms with Gasteiger partial charge in [0.05, 0.1) is 24.3 Å². The van der Waals surface area contributed by atoms with Gasteiger partial charge in [-0.15, -0.1) is 0 Å². The van der Waals surface area contributed by atoms with Gasteiger partial charge in [-0.1, -0.05) is 95.0 Å². The fraction of sp³-hybridized carbons (Fsp3) is 0.594. The van der Waals surface area contributed by atoms with E-state index in [1.165, 1.54) is 74.1 Å². The van der Waals surface area contributed by atoms with E-state index in [9.17, 15) is 4.79 Å². The van der Waals surface area contributed by atoms with E-state index < -0.39 is 5.54 Å². The molecule has 0 spiro atoms. The Kier molecular flexibility index (Phi) is 9.61. The van der Waals surface area contributed by atoms with Crippen molar-refractivity contribution in [3.05, 3.63) is 48.0 Å². The van der Waals surface area contributed by atoms with Crippen molar-refractivity contribution in [3.8, 4) is 0 Å². The van der Waals surface area contributed by atoms with Gasteiger partial charge in [0, 0.05) is 41.5 Å². The summed E-state index contributed by atoms with van der Waals surface area (Å²) in [5.74, 6) is 0.210.